The van der Waals surface area contributed by atoms with Crippen LogP contribution in [-0.4, -0.2) is 12.1 Å². The van der Waals surface area contributed by atoms with Crippen LogP contribution >= 0.6 is 34.8 Å². The Morgan fingerprint density at radius 3 is 2.32 bits per heavy atom. The van der Waals surface area contributed by atoms with Crippen molar-refractivity contribution in [2.75, 3.05) is 0 Å². The van der Waals surface area contributed by atoms with Gasteiger partial charge < -0.3 is 4.74 Å². The zero-order chi connectivity index (χ0) is 19.9. The predicted octanol–water partition coefficient (Wildman–Crippen LogP) is 5.99. The Bertz CT molecular complexity index is 988. The van der Waals surface area contributed by atoms with Crippen molar-refractivity contribution in [1.82, 2.24) is 5.43 Å². The predicted molar refractivity (Wildman–Crippen MR) is 114 cm³/mol. The maximum atomic E-state index is 12.0. The van der Waals surface area contributed by atoms with Crippen LogP contribution in [0.2, 0.25) is 15.1 Å². The van der Waals surface area contributed by atoms with Gasteiger partial charge in [0.15, 0.2) is 0 Å². The number of benzene rings is 3. The van der Waals surface area contributed by atoms with E-state index in [-0.39, 0.29) is 5.91 Å². The number of carbonyl (C=O) groups is 1. The lowest BCUT2D eigenvalue weighted by Gasteiger charge is -2.07. The molecule has 3 aromatic rings. The van der Waals surface area contributed by atoms with Crippen molar-refractivity contribution in [2.45, 2.75) is 6.61 Å². The Morgan fingerprint density at radius 2 is 1.64 bits per heavy atom. The molecule has 3 rings (SSSR count). The van der Waals surface area contributed by atoms with Crippen molar-refractivity contribution in [3.05, 3.63) is 98.5 Å². The number of carbonyl (C=O) groups excluding carboxylic acids is 1. The highest BCUT2D eigenvalue weighted by Gasteiger charge is 2.03. The van der Waals surface area contributed by atoms with Crippen molar-refractivity contribution in [3.8, 4) is 5.75 Å². The van der Waals surface area contributed by atoms with Crippen molar-refractivity contribution >= 4 is 46.9 Å². The van der Waals surface area contributed by atoms with Crippen LogP contribution in [0.25, 0.3) is 0 Å². The van der Waals surface area contributed by atoms with Gasteiger partial charge >= 0.3 is 0 Å². The molecule has 0 aliphatic carbocycles. The summed E-state index contributed by atoms with van der Waals surface area (Å²) >= 11 is 17.7. The highest BCUT2D eigenvalue weighted by atomic mass is 35.5. The molecule has 0 atom stereocenters. The molecule has 0 heterocycles. The molecule has 0 aromatic heterocycles. The molecule has 0 aliphatic rings. The Balaban J connectivity index is 1.52. The third-order valence-electron chi connectivity index (χ3n) is 3.76. The fourth-order valence-corrected chi connectivity index (χ4v) is 2.72. The minimum atomic E-state index is -0.311. The molecule has 0 radical (unpaired) electrons. The highest BCUT2D eigenvalue weighted by Crippen LogP contribution is 2.23. The number of rotatable bonds is 6. The molecule has 0 unspecified atom stereocenters. The third kappa shape index (κ3) is 5.73. The average molecular weight is 434 g/mol. The van der Waals surface area contributed by atoms with Gasteiger partial charge in [0.25, 0.3) is 5.91 Å². The van der Waals surface area contributed by atoms with E-state index in [0.717, 1.165) is 11.1 Å². The lowest BCUT2D eigenvalue weighted by atomic mass is 10.2. The summed E-state index contributed by atoms with van der Waals surface area (Å²) in [7, 11) is 0. The maximum Gasteiger partial charge on any atom is 0.271 e. The molecule has 4 nitrogen and oxygen atoms in total. The van der Waals surface area contributed by atoms with Crippen molar-refractivity contribution in [1.29, 1.82) is 0 Å². The van der Waals surface area contributed by atoms with E-state index < -0.39 is 0 Å². The Hall–Kier alpha value is -2.53. The van der Waals surface area contributed by atoms with Gasteiger partial charge in [0, 0.05) is 10.6 Å². The molecule has 0 fully saturated rings. The number of hydrogen-bond donors (Lipinski definition) is 1. The zero-order valence-electron chi connectivity index (χ0n) is 14.5. The molecule has 3 aromatic carbocycles. The van der Waals surface area contributed by atoms with Gasteiger partial charge in [-0.05, 0) is 71.8 Å². The molecule has 1 amide bonds. The van der Waals surface area contributed by atoms with E-state index in [1.807, 2.05) is 30.3 Å². The fourth-order valence-electron chi connectivity index (χ4n) is 2.28. The topological polar surface area (TPSA) is 50.7 Å². The minimum absolute atomic E-state index is 0.311. The Morgan fingerprint density at radius 1 is 0.929 bits per heavy atom. The van der Waals surface area contributed by atoms with Crippen LogP contribution in [0.4, 0.5) is 0 Å². The van der Waals surface area contributed by atoms with E-state index in [2.05, 4.69) is 10.5 Å². The van der Waals surface area contributed by atoms with Crippen molar-refractivity contribution in [3.63, 3.8) is 0 Å². The van der Waals surface area contributed by atoms with Crippen LogP contribution in [0.1, 0.15) is 21.5 Å². The van der Waals surface area contributed by atoms with Crippen LogP contribution in [0.15, 0.2) is 71.8 Å². The zero-order valence-corrected chi connectivity index (χ0v) is 16.8. The first-order chi connectivity index (χ1) is 13.5. The van der Waals surface area contributed by atoms with Gasteiger partial charge in [-0.1, -0.05) is 40.9 Å². The van der Waals surface area contributed by atoms with Gasteiger partial charge in [0.05, 0.1) is 16.3 Å². The number of nitrogens with zero attached hydrogens (tertiary/aromatic N) is 1. The van der Waals surface area contributed by atoms with Crippen LogP contribution in [0.3, 0.4) is 0 Å². The standard InChI is InChI=1S/C21H15Cl3N2O2/c22-17-6-4-16(5-7-17)21(27)26-25-12-14-1-8-18(9-2-14)28-13-15-3-10-19(23)20(24)11-15/h1-12H,13H2,(H,26,27)/b25-12-. The first-order valence-corrected chi connectivity index (χ1v) is 9.40. The monoisotopic (exact) mass is 432 g/mol. The lowest BCUT2D eigenvalue weighted by molar-refractivity contribution is 0.0955. The van der Waals surface area contributed by atoms with E-state index in [1.165, 1.54) is 0 Å². The second-order valence-corrected chi connectivity index (χ2v) is 7.06. The molecule has 0 spiro atoms. The molecule has 0 saturated carbocycles. The number of hydrazone groups is 1. The quantitative estimate of drug-likeness (QED) is 0.383. The van der Waals surface area contributed by atoms with Gasteiger partial charge in [0.2, 0.25) is 0 Å². The van der Waals surface area contributed by atoms with Gasteiger partial charge in [-0.25, -0.2) is 5.43 Å². The number of ether oxygens (including phenoxy) is 1. The van der Waals surface area contributed by atoms with Crippen LogP contribution < -0.4 is 10.2 Å². The number of amides is 1. The van der Waals surface area contributed by atoms with Gasteiger partial charge in [-0.15, -0.1) is 0 Å². The van der Waals surface area contributed by atoms with Crippen LogP contribution in [0.5, 0.6) is 5.75 Å². The van der Waals surface area contributed by atoms with Crippen molar-refractivity contribution in [2.24, 2.45) is 5.10 Å². The Kier molecular flexibility index (Phi) is 6.93. The third-order valence-corrected chi connectivity index (χ3v) is 4.75. The van der Waals surface area contributed by atoms with Crippen LogP contribution in [-0.2, 0) is 6.61 Å². The molecule has 0 aliphatic heterocycles. The Labute approximate surface area is 177 Å². The smallest absolute Gasteiger partial charge is 0.271 e. The van der Waals surface area contributed by atoms with Gasteiger partial charge in [-0.3, -0.25) is 4.79 Å². The minimum Gasteiger partial charge on any atom is -0.489 e. The van der Waals surface area contributed by atoms with Gasteiger partial charge in [0.1, 0.15) is 12.4 Å². The molecule has 142 valence electrons. The summed E-state index contributed by atoms with van der Waals surface area (Å²) in [6.45, 7) is 0.376. The summed E-state index contributed by atoms with van der Waals surface area (Å²) in [4.78, 5) is 12.0. The summed E-state index contributed by atoms with van der Waals surface area (Å²) < 4.78 is 5.73. The van der Waals surface area contributed by atoms with E-state index >= 15 is 0 Å². The second-order valence-electron chi connectivity index (χ2n) is 5.81. The first kappa shape index (κ1) is 20.2. The largest absolute Gasteiger partial charge is 0.489 e. The molecule has 0 saturated heterocycles. The molecule has 0 bridgehead atoms. The van der Waals surface area contributed by atoms with E-state index in [1.54, 1.807) is 42.6 Å². The summed E-state index contributed by atoms with van der Waals surface area (Å²) in [5.74, 6) is 0.392. The van der Waals surface area contributed by atoms with Crippen molar-refractivity contribution < 1.29 is 9.53 Å². The van der Waals surface area contributed by atoms with E-state index in [9.17, 15) is 4.79 Å². The first-order valence-electron chi connectivity index (χ1n) is 8.27. The highest BCUT2D eigenvalue weighted by molar-refractivity contribution is 6.42. The SMILES string of the molecule is O=C(N/N=C\c1ccc(OCc2ccc(Cl)c(Cl)c2)cc1)c1ccc(Cl)cc1. The maximum absolute atomic E-state index is 12.0. The molecular formula is C21H15Cl3N2O2. The summed E-state index contributed by atoms with van der Waals surface area (Å²) in [5.41, 5.74) is 4.69. The summed E-state index contributed by atoms with van der Waals surface area (Å²) in [5, 5.41) is 5.53. The molecular weight excluding hydrogens is 419 g/mol. The number of nitrogens with one attached hydrogen (secondary N) is 1. The summed E-state index contributed by atoms with van der Waals surface area (Å²) in [6.07, 6.45) is 1.55. The number of hydrogen-bond acceptors (Lipinski definition) is 3. The second kappa shape index (κ2) is 9.60. The van der Waals surface area contributed by atoms with Crippen LogP contribution in [0, 0.1) is 0 Å². The summed E-state index contributed by atoms with van der Waals surface area (Å²) in [6, 6.07) is 19.2. The van der Waals surface area contributed by atoms with E-state index in [4.69, 9.17) is 39.5 Å². The van der Waals surface area contributed by atoms with Gasteiger partial charge in [-0.2, -0.15) is 5.10 Å². The van der Waals surface area contributed by atoms with E-state index in [0.29, 0.717) is 33.0 Å². The normalized spacial score (nSPS) is 10.8. The lowest BCUT2D eigenvalue weighted by Crippen LogP contribution is -2.17. The average Bonchev–Trinajstić information content (AvgIpc) is 2.70. The molecule has 1 N–H and O–H groups in total. The number of halogens is 3. The fraction of sp³-hybridized carbons (Fsp3) is 0.0476. The molecule has 28 heavy (non-hydrogen) atoms. The molecule has 7 heteroatoms.